The van der Waals surface area contributed by atoms with Crippen molar-refractivity contribution in [1.82, 2.24) is 20.0 Å². The fourth-order valence-electron chi connectivity index (χ4n) is 4.57. The molecule has 0 aliphatic carbocycles. The van der Waals surface area contributed by atoms with Gasteiger partial charge in [0.05, 0.1) is 12.1 Å². The van der Waals surface area contributed by atoms with Crippen molar-refractivity contribution in [2.24, 2.45) is 0 Å². The quantitative estimate of drug-likeness (QED) is 0.893. The van der Waals surface area contributed by atoms with Gasteiger partial charge in [0.15, 0.2) is 0 Å². The monoisotopic (exact) mass is 356 g/mol. The highest BCUT2D eigenvalue weighted by Crippen LogP contribution is 2.25. The van der Waals surface area contributed by atoms with Crippen LogP contribution in [0.4, 0.5) is 4.79 Å². The number of hydrogen-bond donors (Lipinski definition) is 1. The molecule has 0 radical (unpaired) electrons. The second-order valence-corrected chi connectivity index (χ2v) is 7.62. The van der Waals surface area contributed by atoms with Gasteiger partial charge in [-0.3, -0.25) is 9.69 Å². The number of urea groups is 1. The molecule has 26 heavy (non-hydrogen) atoms. The van der Waals surface area contributed by atoms with Crippen LogP contribution in [0.2, 0.25) is 0 Å². The topological polar surface area (TPSA) is 55.9 Å². The van der Waals surface area contributed by atoms with Gasteiger partial charge in [0, 0.05) is 32.7 Å². The molecule has 0 aromatic heterocycles. The summed E-state index contributed by atoms with van der Waals surface area (Å²) in [6.07, 6.45) is 3.99. The van der Waals surface area contributed by atoms with Crippen LogP contribution < -0.4 is 5.32 Å². The lowest BCUT2D eigenvalue weighted by Gasteiger charge is -2.39. The van der Waals surface area contributed by atoms with Crippen LogP contribution in [-0.4, -0.2) is 71.4 Å². The number of carbonyl (C=O) groups is 2. The molecule has 1 aromatic rings. The van der Waals surface area contributed by atoms with Crippen LogP contribution in [-0.2, 0) is 11.3 Å². The van der Waals surface area contributed by atoms with Crippen molar-refractivity contribution in [3.05, 3.63) is 35.9 Å². The first-order valence-electron chi connectivity index (χ1n) is 9.83. The van der Waals surface area contributed by atoms with E-state index < -0.39 is 0 Å². The van der Waals surface area contributed by atoms with E-state index >= 15 is 0 Å². The number of amides is 3. The number of nitrogens with zero attached hydrogens (tertiary/aromatic N) is 3. The molecule has 140 valence electrons. The van der Waals surface area contributed by atoms with Crippen molar-refractivity contribution in [3.63, 3.8) is 0 Å². The molecule has 0 spiro atoms. The molecule has 4 rings (SSSR count). The van der Waals surface area contributed by atoms with Crippen LogP contribution in [0.25, 0.3) is 0 Å². The summed E-state index contributed by atoms with van der Waals surface area (Å²) in [5.74, 6) is 0.253. The number of likely N-dealkylation sites (tertiary alicyclic amines) is 2. The van der Waals surface area contributed by atoms with E-state index in [0.29, 0.717) is 6.54 Å². The third-order valence-corrected chi connectivity index (χ3v) is 5.92. The Kier molecular flexibility index (Phi) is 5.11. The van der Waals surface area contributed by atoms with Crippen LogP contribution in [0.3, 0.4) is 0 Å². The number of hydrogen-bond acceptors (Lipinski definition) is 3. The zero-order valence-corrected chi connectivity index (χ0v) is 15.3. The molecular formula is C20H28N4O2. The maximum atomic E-state index is 13.2. The summed E-state index contributed by atoms with van der Waals surface area (Å²) in [7, 11) is 0. The number of piperidine rings is 1. The highest BCUT2D eigenvalue weighted by atomic mass is 16.2. The first-order valence-corrected chi connectivity index (χ1v) is 9.83. The standard InChI is InChI=1S/C20H28N4O2/c25-19(18-9-5-11-22(18)14-16-6-2-1-3-7-16)23-12-4-8-17(15-23)24-13-10-21-20(24)26/h1-3,6-7,17-18H,4-5,8-15H2,(H,21,26). The molecule has 3 fully saturated rings. The molecule has 3 aliphatic heterocycles. The highest BCUT2D eigenvalue weighted by molar-refractivity contribution is 5.82. The first kappa shape index (κ1) is 17.3. The molecule has 6 nitrogen and oxygen atoms in total. The molecule has 3 aliphatic rings. The van der Waals surface area contributed by atoms with Gasteiger partial charge in [0.1, 0.15) is 0 Å². The van der Waals surface area contributed by atoms with Gasteiger partial charge in [0.25, 0.3) is 0 Å². The Morgan fingerprint density at radius 2 is 1.88 bits per heavy atom. The van der Waals surface area contributed by atoms with Gasteiger partial charge in [-0.15, -0.1) is 0 Å². The van der Waals surface area contributed by atoms with E-state index in [0.717, 1.165) is 58.4 Å². The maximum Gasteiger partial charge on any atom is 0.317 e. The van der Waals surface area contributed by atoms with Crippen molar-refractivity contribution in [3.8, 4) is 0 Å². The summed E-state index contributed by atoms with van der Waals surface area (Å²) in [6, 6.07) is 10.6. The minimum Gasteiger partial charge on any atom is -0.339 e. The van der Waals surface area contributed by atoms with Crippen LogP contribution in [0.15, 0.2) is 30.3 Å². The Labute approximate surface area is 155 Å². The predicted octanol–water partition coefficient (Wildman–Crippen LogP) is 1.67. The predicted molar refractivity (Wildman–Crippen MR) is 99.6 cm³/mol. The molecule has 1 N–H and O–H groups in total. The molecule has 2 atom stereocenters. The lowest BCUT2D eigenvalue weighted by molar-refractivity contribution is -0.138. The molecule has 0 bridgehead atoms. The molecule has 6 heteroatoms. The minimum absolute atomic E-state index is 0.0126. The molecule has 2 unspecified atom stereocenters. The second kappa shape index (κ2) is 7.66. The van der Waals surface area contributed by atoms with Gasteiger partial charge in [-0.25, -0.2) is 4.79 Å². The van der Waals surface area contributed by atoms with Gasteiger partial charge >= 0.3 is 6.03 Å². The number of rotatable bonds is 4. The van der Waals surface area contributed by atoms with Gasteiger partial charge in [-0.05, 0) is 37.8 Å². The fraction of sp³-hybridized carbons (Fsp3) is 0.600. The van der Waals surface area contributed by atoms with Crippen LogP contribution in [0, 0.1) is 0 Å². The Morgan fingerprint density at radius 3 is 2.65 bits per heavy atom. The largest absolute Gasteiger partial charge is 0.339 e. The average molecular weight is 356 g/mol. The van der Waals surface area contributed by atoms with Crippen molar-refractivity contribution >= 4 is 11.9 Å². The summed E-state index contributed by atoms with van der Waals surface area (Å²) >= 11 is 0. The minimum atomic E-state index is -0.0126. The Morgan fingerprint density at radius 1 is 1.08 bits per heavy atom. The normalized spacial score (nSPS) is 27.0. The third kappa shape index (κ3) is 3.56. The number of nitrogens with one attached hydrogen (secondary N) is 1. The maximum absolute atomic E-state index is 13.2. The first-order chi connectivity index (χ1) is 12.7. The van der Waals surface area contributed by atoms with E-state index in [2.05, 4.69) is 34.5 Å². The van der Waals surface area contributed by atoms with E-state index in [1.807, 2.05) is 15.9 Å². The van der Waals surface area contributed by atoms with E-state index in [9.17, 15) is 9.59 Å². The molecule has 3 amide bonds. The van der Waals surface area contributed by atoms with Crippen molar-refractivity contribution < 1.29 is 9.59 Å². The number of benzene rings is 1. The number of carbonyl (C=O) groups excluding carboxylic acids is 2. The Bertz CT molecular complexity index is 650. The lowest BCUT2D eigenvalue weighted by Crippen LogP contribution is -2.54. The summed E-state index contributed by atoms with van der Waals surface area (Å²) in [5.41, 5.74) is 1.26. The highest BCUT2D eigenvalue weighted by Gasteiger charge is 2.37. The van der Waals surface area contributed by atoms with Gasteiger partial charge in [-0.1, -0.05) is 30.3 Å². The molecule has 1 aromatic carbocycles. The fourth-order valence-corrected chi connectivity index (χ4v) is 4.57. The van der Waals surface area contributed by atoms with E-state index in [-0.39, 0.29) is 24.0 Å². The molecule has 3 saturated heterocycles. The third-order valence-electron chi connectivity index (χ3n) is 5.92. The van der Waals surface area contributed by atoms with Gasteiger partial charge in [0.2, 0.25) is 5.91 Å². The van der Waals surface area contributed by atoms with Gasteiger partial charge < -0.3 is 15.1 Å². The zero-order chi connectivity index (χ0) is 17.9. The average Bonchev–Trinajstić information content (AvgIpc) is 3.31. The second-order valence-electron chi connectivity index (χ2n) is 7.62. The van der Waals surface area contributed by atoms with Gasteiger partial charge in [-0.2, -0.15) is 0 Å². The Balaban J connectivity index is 1.40. The van der Waals surface area contributed by atoms with E-state index in [4.69, 9.17) is 0 Å². The molecule has 0 saturated carbocycles. The summed E-state index contributed by atoms with van der Waals surface area (Å²) < 4.78 is 0. The summed E-state index contributed by atoms with van der Waals surface area (Å²) in [5, 5.41) is 2.88. The van der Waals surface area contributed by atoms with Crippen LogP contribution in [0.1, 0.15) is 31.2 Å². The van der Waals surface area contributed by atoms with Crippen molar-refractivity contribution in [2.45, 2.75) is 44.3 Å². The van der Waals surface area contributed by atoms with Crippen LogP contribution in [0.5, 0.6) is 0 Å². The van der Waals surface area contributed by atoms with Crippen molar-refractivity contribution in [1.29, 1.82) is 0 Å². The van der Waals surface area contributed by atoms with E-state index in [1.165, 1.54) is 5.56 Å². The van der Waals surface area contributed by atoms with Crippen LogP contribution >= 0.6 is 0 Å². The smallest absolute Gasteiger partial charge is 0.317 e. The summed E-state index contributed by atoms with van der Waals surface area (Å²) in [6.45, 7) is 4.80. The van der Waals surface area contributed by atoms with Crippen molar-refractivity contribution in [2.75, 3.05) is 32.7 Å². The lowest BCUT2D eigenvalue weighted by atomic mass is 10.0. The Hall–Kier alpha value is -2.08. The molecular weight excluding hydrogens is 328 g/mol. The SMILES string of the molecule is O=C(C1CCCN1Cc1ccccc1)N1CCCC(N2CCNC2=O)C1. The summed E-state index contributed by atoms with van der Waals surface area (Å²) in [4.78, 5) is 31.4. The molecule has 3 heterocycles. The zero-order valence-electron chi connectivity index (χ0n) is 15.3. The van der Waals surface area contributed by atoms with E-state index in [1.54, 1.807) is 0 Å².